The van der Waals surface area contributed by atoms with Gasteiger partial charge in [-0.3, -0.25) is 0 Å². The van der Waals surface area contributed by atoms with E-state index in [1.807, 2.05) is 19.2 Å². The fourth-order valence-corrected chi connectivity index (χ4v) is 2.33. The second kappa shape index (κ2) is 4.81. The maximum absolute atomic E-state index is 5.28. The normalized spacial score (nSPS) is 18.7. The molecule has 3 heteroatoms. The number of furan rings is 1. The molecule has 15 heavy (non-hydrogen) atoms. The van der Waals surface area contributed by atoms with Gasteiger partial charge in [0.15, 0.2) is 0 Å². The quantitative estimate of drug-likeness (QED) is 0.748. The minimum Gasteiger partial charge on any atom is -0.468 e. The van der Waals surface area contributed by atoms with Gasteiger partial charge in [-0.2, -0.15) is 0 Å². The molecule has 0 saturated heterocycles. The Labute approximate surface area is 91.2 Å². The Bertz CT molecular complexity index is 278. The molecule has 0 spiro atoms. The summed E-state index contributed by atoms with van der Waals surface area (Å²) >= 11 is 0. The Morgan fingerprint density at radius 2 is 2.27 bits per heavy atom. The molecular weight excluding hydrogens is 188 g/mol. The van der Waals surface area contributed by atoms with Crippen LogP contribution in [0.5, 0.6) is 0 Å². The third kappa shape index (κ3) is 2.61. The molecule has 84 valence electrons. The van der Waals surface area contributed by atoms with Gasteiger partial charge in [0.2, 0.25) is 0 Å². The number of hydrogen-bond acceptors (Lipinski definition) is 3. The first-order valence-electron chi connectivity index (χ1n) is 5.72. The lowest BCUT2D eigenvalue weighted by Gasteiger charge is -2.42. The first-order chi connectivity index (χ1) is 7.35. The lowest BCUT2D eigenvalue weighted by atomic mass is 9.68. The Hall–Kier alpha value is -0.800. The van der Waals surface area contributed by atoms with Gasteiger partial charge in [0.25, 0.3) is 0 Å². The van der Waals surface area contributed by atoms with Crippen molar-refractivity contribution in [3.63, 3.8) is 0 Å². The maximum atomic E-state index is 5.28. The van der Waals surface area contributed by atoms with E-state index in [2.05, 4.69) is 10.6 Å². The van der Waals surface area contributed by atoms with Gasteiger partial charge in [-0.1, -0.05) is 6.42 Å². The molecular formula is C12H20N2O. The summed E-state index contributed by atoms with van der Waals surface area (Å²) in [5, 5.41) is 6.77. The SMILES string of the molecule is CNCC1(CNCc2ccco2)CCC1. The topological polar surface area (TPSA) is 37.2 Å². The predicted molar refractivity (Wildman–Crippen MR) is 60.6 cm³/mol. The Kier molecular flexibility index (Phi) is 3.44. The third-order valence-corrected chi connectivity index (χ3v) is 3.35. The molecule has 0 bridgehead atoms. The number of hydrogen-bond donors (Lipinski definition) is 2. The molecule has 3 nitrogen and oxygen atoms in total. The summed E-state index contributed by atoms with van der Waals surface area (Å²) in [6.45, 7) is 3.06. The van der Waals surface area contributed by atoms with Crippen molar-refractivity contribution in [1.29, 1.82) is 0 Å². The Morgan fingerprint density at radius 1 is 1.40 bits per heavy atom. The summed E-state index contributed by atoms with van der Waals surface area (Å²) < 4.78 is 5.28. The highest BCUT2D eigenvalue weighted by atomic mass is 16.3. The summed E-state index contributed by atoms with van der Waals surface area (Å²) in [7, 11) is 2.03. The first kappa shape index (κ1) is 10.7. The summed E-state index contributed by atoms with van der Waals surface area (Å²) in [4.78, 5) is 0. The van der Waals surface area contributed by atoms with E-state index in [1.54, 1.807) is 6.26 Å². The summed E-state index contributed by atoms with van der Waals surface area (Å²) in [5.74, 6) is 1.02. The van der Waals surface area contributed by atoms with E-state index in [4.69, 9.17) is 4.42 Å². The van der Waals surface area contributed by atoms with Gasteiger partial charge >= 0.3 is 0 Å². The van der Waals surface area contributed by atoms with Gasteiger partial charge in [-0.05, 0) is 37.4 Å². The van der Waals surface area contributed by atoms with E-state index in [0.29, 0.717) is 5.41 Å². The van der Waals surface area contributed by atoms with Gasteiger partial charge in [0.05, 0.1) is 12.8 Å². The van der Waals surface area contributed by atoms with E-state index in [0.717, 1.165) is 25.4 Å². The molecule has 1 fully saturated rings. The molecule has 0 unspecified atom stereocenters. The molecule has 2 rings (SSSR count). The summed E-state index contributed by atoms with van der Waals surface area (Å²) in [6, 6.07) is 3.95. The molecule has 1 saturated carbocycles. The van der Waals surface area contributed by atoms with Crippen LogP contribution >= 0.6 is 0 Å². The Morgan fingerprint density at radius 3 is 2.80 bits per heavy atom. The molecule has 0 atom stereocenters. The summed E-state index contributed by atoms with van der Waals surface area (Å²) in [5.41, 5.74) is 0.501. The molecule has 1 aromatic heterocycles. The second-order valence-electron chi connectivity index (χ2n) is 4.57. The number of nitrogens with one attached hydrogen (secondary N) is 2. The van der Waals surface area contributed by atoms with Crippen molar-refractivity contribution in [2.45, 2.75) is 25.8 Å². The van der Waals surface area contributed by atoms with Crippen molar-refractivity contribution in [2.75, 3.05) is 20.1 Å². The third-order valence-electron chi connectivity index (χ3n) is 3.35. The van der Waals surface area contributed by atoms with Crippen LogP contribution in [-0.2, 0) is 6.54 Å². The van der Waals surface area contributed by atoms with Crippen LogP contribution in [-0.4, -0.2) is 20.1 Å². The van der Waals surface area contributed by atoms with Gasteiger partial charge in [0, 0.05) is 13.1 Å². The number of rotatable bonds is 6. The van der Waals surface area contributed by atoms with Crippen molar-refractivity contribution in [3.05, 3.63) is 24.2 Å². The maximum Gasteiger partial charge on any atom is 0.117 e. The molecule has 0 aliphatic heterocycles. The van der Waals surface area contributed by atoms with Crippen molar-refractivity contribution in [3.8, 4) is 0 Å². The van der Waals surface area contributed by atoms with E-state index in [1.165, 1.54) is 19.3 Å². The highest BCUT2D eigenvalue weighted by Gasteiger charge is 2.35. The van der Waals surface area contributed by atoms with E-state index in [9.17, 15) is 0 Å². The van der Waals surface area contributed by atoms with Crippen molar-refractivity contribution in [2.24, 2.45) is 5.41 Å². The Balaban J connectivity index is 1.72. The smallest absolute Gasteiger partial charge is 0.117 e. The minimum atomic E-state index is 0.501. The zero-order valence-electron chi connectivity index (χ0n) is 9.38. The minimum absolute atomic E-state index is 0.501. The van der Waals surface area contributed by atoms with Crippen LogP contribution in [0.2, 0.25) is 0 Å². The van der Waals surface area contributed by atoms with Crippen LogP contribution < -0.4 is 10.6 Å². The van der Waals surface area contributed by atoms with Gasteiger partial charge in [-0.15, -0.1) is 0 Å². The van der Waals surface area contributed by atoms with Crippen LogP contribution in [0.3, 0.4) is 0 Å². The second-order valence-corrected chi connectivity index (χ2v) is 4.57. The molecule has 1 aliphatic carbocycles. The molecule has 0 radical (unpaired) electrons. The monoisotopic (exact) mass is 208 g/mol. The molecule has 0 aromatic carbocycles. The fraction of sp³-hybridized carbons (Fsp3) is 0.667. The van der Waals surface area contributed by atoms with E-state index < -0.39 is 0 Å². The van der Waals surface area contributed by atoms with Crippen LogP contribution in [0, 0.1) is 5.41 Å². The predicted octanol–water partition coefficient (Wildman–Crippen LogP) is 1.76. The molecule has 1 aromatic rings. The van der Waals surface area contributed by atoms with Gasteiger partial charge in [0.1, 0.15) is 5.76 Å². The van der Waals surface area contributed by atoms with Crippen molar-refractivity contribution >= 4 is 0 Å². The molecule has 0 amide bonds. The van der Waals surface area contributed by atoms with Crippen LogP contribution in [0.1, 0.15) is 25.0 Å². The first-order valence-corrected chi connectivity index (χ1v) is 5.72. The highest BCUT2D eigenvalue weighted by molar-refractivity contribution is 4.98. The van der Waals surface area contributed by atoms with E-state index in [-0.39, 0.29) is 0 Å². The zero-order valence-corrected chi connectivity index (χ0v) is 9.38. The van der Waals surface area contributed by atoms with Crippen LogP contribution in [0.4, 0.5) is 0 Å². The zero-order chi connectivity index (χ0) is 10.6. The standard InChI is InChI=1S/C12H20N2O/c1-13-9-12(5-3-6-12)10-14-8-11-4-2-7-15-11/h2,4,7,13-14H,3,5-6,8-10H2,1H3. The average molecular weight is 208 g/mol. The lowest BCUT2D eigenvalue weighted by Crippen LogP contribution is -2.46. The molecule has 1 aliphatic rings. The largest absolute Gasteiger partial charge is 0.468 e. The van der Waals surface area contributed by atoms with Crippen molar-refractivity contribution in [1.82, 2.24) is 10.6 Å². The van der Waals surface area contributed by atoms with E-state index >= 15 is 0 Å². The lowest BCUT2D eigenvalue weighted by molar-refractivity contribution is 0.129. The average Bonchev–Trinajstić information content (AvgIpc) is 2.67. The molecule has 2 N–H and O–H groups in total. The van der Waals surface area contributed by atoms with Crippen LogP contribution in [0.15, 0.2) is 22.8 Å². The van der Waals surface area contributed by atoms with Gasteiger partial charge in [-0.25, -0.2) is 0 Å². The fourth-order valence-electron chi connectivity index (χ4n) is 2.33. The summed E-state index contributed by atoms with van der Waals surface area (Å²) in [6.07, 6.45) is 5.80. The molecule has 1 heterocycles. The van der Waals surface area contributed by atoms with Gasteiger partial charge < -0.3 is 15.1 Å². The van der Waals surface area contributed by atoms with Crippen molar-refractivity contribution < 1.29 is 4.42 Å². The highest BCUT2D eigenvalue weighted by Crippen LogP contribution is 2.39. The van der Waals surface area contributed by atoms with Crippen LogP contribution in [0.25, 0.3) is 0 Å².